The van der Waals surface area contributed by atoms with E-state index in [0.717, 1.165) is 12.7 Å². The maximum Gasteiger partial charge on any atom is 0.339 e. The van der Waals surface area contributed by atoms with Crippen LogP contribution in [0.4, 0.5) is 11.4 Å². The molecule has 14 nitrogen and oxygen atoms in total. The highest BCUT2D eigenvalue weighted by molar-refractivity contribution is 6.08. The number of ether oxygens (including phenoxy) is 6. The number of carbonyl (C=O) groups is 6. The number of rotatable bonds is 9. The van der Waals surface area contributed by atoms with Gasteiger partial charge in [-0.25, -0.2) is 4.79 Å². The van der Waals surface area contributed by atoms with Gasteiger partial charge in [-0.15, -0.1) is 0 Å². The highest BCUT2D eigenvalue weighted by atomic mass is 16.7. The van der Waals surface area contributed by atoms with Gasteiger partial charge in [0, 0.05) is 34.6 Å². The largest absolute Gasteiger partial charge is 0.467 e. The number of carbonyl (C=O) groups excluding carboxylic acids is 6. The second-order valence-electron chi connectivity index (χ2n) is 18.4. The van der Waals surface area contributed by atoms with E-state index in [1.807, 2.05) is 19.1 Å². The van der Waals surface area contributed by atoms with Gasteiger partial charge in [0.1, 0.15) is 0 Å². The summed E-state index contributed by atoms with van der Waals surface area (Å²) in [6, 6.07) is 21.1. The number of aryl methyl sites for hydroxylation is 1. The number of fused-ring (bicyclic) bond motifs is 1. The van der Waals surface area contributed by atoms with Crippen LogP contribution in [0.3, 0.4) is 0 Å². The fourth-order valence-electron chi connectivity index (χ4n) is 6.62. The van der Waals surface area contributed by atoms with Crippen molar-refractivity contribution in [3.63, 3.8) is 0 Å². The quantitative estimate of drug-likeness (QED) is 0.166. The summed E-state index contributed by atoms with van der Waals surface area (Å²) in [6.45, 7) is 16.8. The fraction of sp³-hybridized carbons (Fsp3) is 0.489. The first-order valence-corrected chi connectivity index (χ1v) is 20.4. The van der Waals surface area contributed by atoms with Crippen molar-refractivity contribution in [3.8, 4) is 0 Å². The van der Waals surface area contributed by atoms with E-state index in [2.05, 4.69) is 5.32 Å². The van der Waals surface area contributed by atoms with Crippen molar-refractivity contribution in [1.82, 2.24) is 0 Å². The Morgan fingerprint density at radius 2 is 1.23 bits per heavy atom. The Balaban J connectivity index is 1.50. The number of methoxy groups -OCH3 is 1. The third kappa shape index (κ3) is 11.0. The molecule has 3 aromatic carbocycles. The van der Waals surface area contributed by atoms with Gasteiger partial charge < -0.3 is 38.6 Å². The second kappa shape index (κ2) is 18.6. The number of amides is 2. The Labute approximate surface area is 357 Å². The van der Waals surface area contributed by atoms with Gasteiger partial charge in [0.2, 0.25) is 6.29 Å². The van der Waals surface area contributed by atoms with Crippen LogP contribution in [0.15, 0.2) is 72.8 Å². The summed E-state index contributed by atoms with van der Waals surface area (Å²) in [4.78, 5) is 83.1. The van der Waals surface area contributed by atoms with E-state index in [0.29, 0.717) is 47.5 Å². The number of hydrogen-bond donors (Lipinski definition) is 1. The van der Waals surface area contributed by atoms with Gasteiger partial charge in [0.25, 0.3) is 11.8 Å². The van der Waals surface area contributed by atoms with Gasteiger partial charge in [-0.1, -0.05) is 36.4 Å². The Morgan fingerprint density at radius 3 is 1.80 bits per heavy atom. The van der Waals surface area contributed by atoms with Crippen molar-refractivity contribution >= 4 is 47.1 Å². The summed E-state index contributed by atoms with van der Waals surface area (Å²) in [5.74, 6) is -3.68. The molecule has 1 N–H and O–H groups in total. The molecule has 0 unspecified atom stereocenters. The first kappa shape index (κ1) is 46.5. The minimum absolute atomic E-state index is 0.264. The third-order valence-corrected chi connectivity index (χ3v) is 10.2. The Hall–Kier alpha value is -5.60. The zero-order chi connectivity index (χ0) is 45.0. The normalized spacial score (nSPS) is 21.9. The summed E-state index contributed by atoms with van der Waals surface area (Å²) in [7, 11) is 1.13. The molecule has 1 saturated heterocycles. The highest BCUT2D eigenvalue weighted by Gasteiger charge is 2.57. The number of nitrogens with zero attached hydrogens (tertiary/aromatic N) is 1. The zero-order valence-corrected chi connectivity index (χ0v) is 36.9. The Morgan fingerprint density at radius 1 is 0.689 bits per heavy atom. The molecule has 61 heavy (non-hydrogen) atoms. The molecule has 0 spiro atoms. The van der Waals surface area contributed by atoms with E-state index in [9.17, 15) is 28.8 Å². The molecule has 0 aromatic heterocycles. The van der Waals surface area contributed by atoms with Crippen molar-refractivity contribution in [2.75, 3.05) is 23.9 Å². The second-order valence-corrected chi connectivity index (χ2v) is 18.4. The summed E-state index contributed by atoms with van der Waals surface area (Å²) in [5.41, 5.74) is 0.245. The smallest absolute Gasteiger partial charge is 0.339 e. The lowest BCUT2D eigenvalue weighted by Crippen LogP contribution is -2.65. The molecular weight excluding hydrogens is 785 g/mol. The van der Waals surface area contributed by atoms with Crippen LogP contribution in [-0.4, -0.2) is 80.1 Å². The molecule has 2 aliphatic heterocycles. The molecule has 2 heterocycles. The van der Waals surface area contributed by atoms with E-state index in [1.54, 1.807) is 128 Å². The zero-order valence-electron chi connectivity index (χ0n) is 36.9. The number of anilines is 2. The van der Waals surface area contributed by atoms with Crippen molar-refractivity contribution in [3.05, 3.63) is 95.1 Å². The standard InChI is InChI=1S/C47H58N2O12/c1-27-17-12-13-18-30(27)38(50)48-29-24-22-28(23-25-29)39(51)49-26-16-21-33(31-19-14-15-20-32(31)49)57-41-37(61-44(55)47(8,9)10)35(60-43(54)46(5,6)7)34(36(58-41)40(52)56-11)59-42(53)45(2,3)4/h12-15,17-20,22-25,33-37,41H,16,21,26H2,1-11H3,(H,48,50)/t33-,34-,35-,36-,37+,41+/m0/s1. The number of benzene rings is 3. The van der Waals surface area contributed by atoms with Crippen LogP contribution in [0.2, 0.25) is 0 Å². The number of nitrogens with one attached hydrogen (secondary N) is 1. The Kier molecular flexibility index (Phi) is 14.1. The van der Waals surface area contributed by atoms with Crippen molar-refractivity contribution < 1.29 is 57.2 Å². The lowest BCUT2D eigenvalue weighted by atomic mass is 9.93. The van der Waals surface area contributed by atoms with Crippen LogP contribution in [0.5, 0.6) is 0 Å². The van der Waals surface area contributed by atoms with Crippen LogP contribution in [0.1, 0.15) is 113 Å². The summed E-state index contributed by atoms with van der Waals surface area (Å²) >= 11 is 0. The van der Waals surface area contributed by atoms with E-state index >= 15 is 0 Å². The van der Waals surface area contributed by atoms with Crippen LogP contribution in [-0.2, 0) is 47.6 Å². The molecule has 0 bridgehead atoms. The molecule has 3 aromatic rings. The van der Waals surface area contributed by atoms with Gasteiger partial charge in [0.15, 0.2) is 24.4 Å². The minimum atomic E-state index is -1.67. The number of para-hydroxylation sites is 1. The van der Waals surface area contributed by atoms with Crippen molar-refractivity contribution in [2.24, 2.45) is 16.2 Å². The molecule has 14 heteroatoms. The van der Waals surface area contributed by atoms with Crippen LogP contribution >= 0.6 is 0 Å². The first-order chi connectivity index (χ1) is 28.5. The van der Waals surface area contributed by atoms with E-state index < -0.39 is 76.9 Å². The molecule has 0 aliphatic carbocycles. The monoisotopic (exact) mass is 842 g/mol. The predicted molar refractivity (Wildman–Crippen MR) is 225 cm³/mol. The molecule has 6 atom stereocenters. The van der Waals surface area contributed by atoms with E-state index in [1.165, 1.54) is 0 Å². The minimum Gasteiger partial charge on any atom is -0.467 e. The summed E-state index contributed by atoms with van der Waals surface area (Å²) in [6.07, 6.45) is -8.00. The van der Waals surface area contributed by atoms with E-state index in [4.69, 9.17) is 28.4 Å². The van der Waals surface area contributed by atoms with Gasteiger partial charge >= 0.3 is 23.9 Å². The average Bonchev–Trinajstić information content (AvgIpc) is 3.37. The number of esters is 4. The first-order valence-electron chi connectivity index (χ1n) is 20.4. The van der Waals surface area contributed by atoms with Crippen molar-refractivity contribution in [2.45, 2.75) is 119 Å². The topological polar surface area (TPSA) is 173 Å². The fourth-order valence-corrected chi connectivity index (χ4v) is 6.62. The van der Waals surface area contributed by atoms with Gasteiger partial charge in [0.05, 0.1) is 29.5 Å². The SMILES string of the molecule is COC(=O)[C@H]1O[C@@H](O[C@H]2CCCN(C(=O)c3ccc(NC(=O)c4ccccc4C)cc3)c3ccccc32)[C@H](OC(=O)C(C)(C)C)[C@@H](OC(=O)C(C)(C)C)[C@@H]1OC(=O)C(C)(C)C. The predicted octanol–water partition coefficient (Wildman–Crippen LogP) is 7.52. The summed E-state index contributed by atoms with van der Waals surface area (Å²) in [5, 5.41) is 2.89. The molecule has 1 fully saturated rings. The van der Waals surface area contributed by atoms with Crippen LogP contribution < -0.4 is 10.2 Å². The highest BCUT2D eigenvalue weighted by Crippen LogP contribution is 2.41. The molecular formula is C47H58N2O12. The molecule has 0 saturated carbocycles. The summed E-state index contributed by atoms with van der Waals surface area (Å²) < 4.78 is 36.2. The maximum absolute atomic E-state index is 14.2. The molecule has 2 amide bonds. The average molecular weight is 843 g/mol. The lowest BCUT2D eigenvalue weighted by Gasteiger charge is -2.45. The molecule has 5 rings (SSSR count). The van der Waals surface area contributed by atoms with Gasteiger partial charge in [-0.2, -0.15) is 0 Å². The van der Waals surface area contributed by atoms with Crippen molar-refractivity contribution in [1.29, 1.82) is 0 Å². The Bertz CT molecular complexity index is 2110. The maximum atomic E-state index is 14.2. The molecule has 328 valence electrons. The lowest BCUT2D eigenvalue weighted by molar-refractivity contribution is -0.315. The van der Waals surface area contributed by atoms with Gasteiger partial charge in [-0.3, -0.25) is 24.0 Å². The van der Waals surface area contributed by atoms with E-state index in [-0.39, 0.29) is 11.8 Å². The number of hydrogen-bond acceptors (Lipinski definition) is 12. The van der Waals surface area contributed by atoms with Gasteiger partial charge in [-0.05, 0) is 124 Å². The molecule has 0 radical (unpaired) electrons. The molecule has 2 aliphatic rings. The van der Waals surface area contributed by atoms with Crippen LogP contribution in [0.25, 0.3) is 0 Å². The third-order valence-electron chi connectivity index (χ3n) is 10.2. The van der Waals surface area contributed by atoms with Crippen LogP contribution in [0, 0.1) is 23.2 Å².